The van der Waals surface area contributed by atoms with Crippen LogP contribution in [-0.2, 0) is 10.0 Å². The van der Waals surface area contributed by atoms with Crippen molar-refractivity contribution in [2.75, 3.05) is 4.72 Å². The number of phenolic OH excluding ortho intramolecular Hbond substituents is 1. The summed E-state index contributed by atoms with van der Waals surface area (Å²) in [5.41, 5.74) is 0.753. The zero-order chi connectivity index (χ0) is 15.8. The number of hydrogen-bond donors (Lipinski definition) is 2. The van der Waals surface area contributed by atoms with E-state index in [-0.39, 0.29) is 16.5 Å². The molecule has 0 amide bonds. The Bertz CT molecular complexity index is 809. The van der Waals surface area contributed by atoms with Gasteiger partial charge >= 0.3 is 0 Å². The fourth-order valence-electron chi connectivity index (χ4n) is 1.68. The first kappa shape index (κ1) is 15.9. The lowest BCUT2D eigenvalue weighted by Gasteiger charge is -2.12. The molecule has 21 heavy (non-hydrogen) atoms. The van der Waals surface area contributed by atoms with E-state index in [0.29, 0.717) is 5.56 Å². The molecule has 4 nitrogen and oxygen atoms in total. The molecule has 2 aromatic rings. The highest BCUT2D eigenvalue weighted by Gasteiger charge is 2.22. The number of anilines is 1. The fourth-order valence-corrected chi connectivity index (χ4v) is 3.55. The zero-order valence-corrected chi connectivity index (χ0v) is 13.0. The van der Waals surface area contributed by atoms with Crippen LogP contribution in [0.5, 0.6) is 5.75 Å². The van der Waals surface area contributed by atoms with Crippen molar-refractivity contribution in [1.82, 2.24) is 0 Å². The normalized spacial score (nSPS) is 11.4. The largest absolute Gasteiger partial charge is 0.508 e. The molecule has 0 aliphatic rings. The van der Waals surface area contributed by atoms with Crippen LogP contribution in [0.15, 0.2) is 35.2 Å². The van der Waals surface area contributed by atoms with Gasteiger partial charge in [-0.25, -0.2) is 12.8 Å². The summed E-state index contributed by atoms with van der Waals surface area (Å²) in [6.07, 6.45) is 0. The van der Waals surface area contributed by atoms with Gasteiger partial charge in [0.2, 0.25) is 0 Å². The molecule has 0 bridgehead atoms. The molecule has 0 heterocycles. The number of sulfonamides is 1. The first-order chi connectivity index (χ1) is 9.72. The first-order valence-electron chi connectivity index (χ1n) is 5.68. The molecular formula is C13H10Cl2FNO3S. The minimum atomic E-state index is -4.08. The Morgan fingerprint density at radius 2 is 1.86 bits per heavy atom. The Hall–Kier alpha value is -1.50. The van der Waals surface area contributed by atoms with E-state index in [4.69, 9.17) is 23.2 Å². The molecule has 0 radical (unpaired) electrons. The number of rotatable bonds is 3. The standard InChI is InChI=1S/C13H10Cl2FNO3S/c1-7-6-8(18)2-4-10(7)17-21(19,20)11-5-3-9(14)13(16)12(11)15/h2-6,17-18H,1H3. The summed E-state index contributed by atoms with van der Waals surface area (Å²) in [7, 11) is -4.08. The van der Waals surface area contributed by atoms with Crippen molar-refractivity contribution >= 4 is 38.9 Å². The average Bonchev–Trinajstić information content (AvgIpc) is 2.39. The second-order valence-corrected chi connectivity index (χ2v) is 6.71. The summed E-state index contributed by atoms with van der Waals surface area (Å²) in [5, 5.41) is 8.46. The highest BCUT2D eigenvalue weighted by Crippen LogP contribution is 2.31. The van der Waals surface area contributed by atoms with Crippen LogP contribution in [0.3, 0.4) is 0 Å². The van der Waals surface area contributed by atoms with Crippen LogP contribution in [0.25, 0.3) is 0 Å². The lowest BCUT2D eigenvalue weighted by molar-refractivity contribution is 0.475. The molecule has 2 N–H and O–H groups in total. The fraction of sp³-hybridized carbons (Fsp3) is 0.0769. The van der Waals surface area contributed by atoms with Gasteiger partial charge in [-0.1, -0.05) is 23.2 Å². The van der Waals surface area contributed by atoms with Crippen LogP contribution in [0.2, 0.25) is 10.0 Å². The predicted octanol–water partition coefficient (Wildman–Crippen LogP) is 3.95. The highest BCUT2D eigenvalue weighted by molar-refractivity contribution is 7.92. The molecule has 0 aromatic heterocycles. The summed E-state index contributed by atoms with van der Waals surface area (Å²) < 4.78 is 40.4. The minimum Gasteiger partial charge on any atom is -0.508 e. The van der Waals surface area contributed by atoms with E-state index in [2.05, 4.69) is 4.72 Å². The van der Waals surface area contributed by atoms with E-state index in [1.54, 1.807) is 6.92 Å². The molecule has 0 aliphatic carbocycles. The third kappa shape index (κ3) is 3.23. The summed E-state index contributed by atoms with van der Waals surface area (Å²) in [6, 6.07) is 6.34. The van der Waals surface area contributed by atoms with E-state index in [0.717, 1.165) is 12.1 Å². The summed E-state index contributed by atoms with van der Waals surface area (Å²) in [6.45, 7) is 1.61. The Morgan fingerprint density at radius 3 is 2.48 bits per heavy atom. The number of aromatic hydroxyl groups is 1. The van der Waals surface area contributed by atoms with Gasteiger partial charge in [-0.05, 0) is 42.8 Å². The van der Waals surface area contributed by atoms with E-state index < -0.39 is 25.8 Å². The SMILES string of the molecule is Cc1cc(O)ccc1NS(=O)(=O)c1ccc(Cl)c(F)c1Cl. The third-order valence-electron chi connectivity index (χ3n) is 2.74. The van der Waals surface area contributed by atoms with Crippen LogP contribution in [-0.4, -0.2) is 13.5 Å². The Labute approximate surface area is 131 Å². The third-order valence-corrected chi connectivity index (χ3v) is 4.92. The number of hydrogen-bond acceptors (Lipinski definition) is 3. The first-order valence-corrected chi connectivity index (χ1v) is 7.92. The summed E-state index contributed by atoms with van der Waals surface area (Å²) >= 11 is 11.2. The monoisotopic (exact) mass is 349 g/mol. The molecule has 0 unspecified atom stereocenters. The predicted molar refractivity (Wildman–Crippen MR) is 80.1 cm³/mol. The Balaban J connectivity index is 2.46. The van der Waals surface area contributed by atoms with Crippen molar-refractivity contribution in [2.24, 2.45) is 0 Å². The van der Waals surface area contributed by atoms with Gasteiger partial charge in [-0.2, -0.15) is 0 Å². The maximum Gasteiger partial charge on any atom is 0.263 e. The summed E-state index contributed by atoms with van der Waals surface area (Å²) in [5.74, 6) is -0.991. The zero-order valence-electron chi connectivity index (χ0n) is 10.7. The maximum atomic E-state index is 13.6. The molecule has 112 valence electrons. The van der Waals surface area contributed by atoms with E-state index in [1.165, 1.54) is 18.2 Å². The number of halogens is 3. The van der Waals surface area contributed by atoms with Crippen molar-refractivity contribution in [1.29, 1.82) is 0 Å². The van der Waals surface area contributed by atoms with Crippen molar-refractivity contribution in [3.05, 3.63) is 51.8 Å². The molecule has 2 rings (SSSR count). The van der Waals surface area contributed by atoms with Gasteiger partial charge in [0, 0.05) is 0 Å². The van der Waals surface area contributed by atoms with Gasteiger partial charge in [0.1, 0.15) is 10.6 Å². The molecule has 0 spiro atoms. The number of nitrogens with one attached hydrogen (secondary N) is 1. The topological polar surface area (TPSA) is 66.4 Å². The molecule has 2 aromatic carbocycles. The number of aryl methyl sites for hydroxylation is 1. The second kappa shape index (κ2) is 5.71. The highest BCUT2D eigenvalue weighted by atomic mass is 35.5. The lowest BCUT2D eigenvalue weighted by atomic mass is 10.2. The van der Waals surface area contributed by atoms with E-state index in [9.17, 15) is 17.9 Å². The van der Waals surface area contributed by atoms with Crippen molar-refractivity contribution < 1.29 is 17.9 Å². The van der Waals surface area contributed by atoms with Gasteiger partial charge < -0.3 is 5.11 Å². The van der Waals surface area contributed by atoms with Gasteiger partial charge in [0.15, 0.2) is 5.82 Å². The van der Waals surface area contributed by atoms with Crippen LogP contribution in [0.1, 0.15) is 5.56 Å². The van der Waals surface area contributed by atoms with Crippen LogP contribution in [0.4, 0.5) is 10.1 Å². The van der Waals surface area contributed by atoms with E-state index >= 15 is 0 Å². The Morgan fingerprint density at radius 1 is 1.19 bits per heavy atom. The molecule has 0 aliphatic heterocycles. The quantitative estimate of drug-likeness (QED) is 0.651. The minimum absolute atomic E-state index is 0.00557. The molecule has 0 atom stereocenters. The maximum absolute atomic E-state index is 13.6. The lowest BCUT2D eigenvalue weighted by Crippen LogP contribution is -2.14. The number of phenols is 1. The van der Waals surface area contributed by atoms with Crippen molar-refractivity contribution in [2.45, 2.75) is 11.8 Å². The van der Waals surface area contributed by atoms with Crippen LogP contribution < -0.4 is 4.72 Å². The van der Waals surface area contributed by atoms with Gasteiger partial charge in [0.05, 0.1) is 15.7 Å². The number of benzene rings is 2. The van der Waals surface area contributed by atoms with Crippen LogP contribution >= 0.6 is 23.2 Å². The van der Waals surface area contributed by atoms with Crippen LogP contribution in [0, 0.1) is 12.7 Å². The smallest absolute Gasteiger partial charge is 0.263 e. The van der Waals surface area contributed by atoms with Crippen molar-refractivity contribution in [3.63, 3.8) is 0 Å². The summed E-state index contributed by atoms with van der Waals surface area (Å²) in [4.78, 5) is -0.418. The average molecular weight is 350 g/mol. The molecule has 8 heteroatoms. The van der Waals surface area contributed by atoms with E-state index in [1.807, 2.05) is 0 Å². The molecule has 0 fully saturated rings. The molecule has 0 saturated carbocycles. The van der Waals surface area contributed by atoms with Gasteiger partial charge in [0.25, 0.3) is 10.0 Å². The second-order valence-electron chi connectivity index (χ2n) is 4.28. The molecule has 0 saturated heterocycles. The van der Waals surface area contributed by atoms with Crippen molar-refractivity contribution in [3.8, 4) is 5.75 Å². The van der Waals surface area contributed by atoms with Gasteiger partial charge in [-0.15, -0.1) is 0 Å². The molecular weight excluding hydrogens is 340 g/mol. The van der Waals surface area contributed by atoms with Gasteiger partial charge in [-0.3, -0.25) is 4.72 Å². The Kier molecular flexibility index (Phi) is 4.32.